The van der Waals surface area contributed by atoms with Crippen LogP contribution in [0.2, 0.25) is 0 Å². The number of esters is 1. The van der Waals surface area contributed by atoms with Crippen LogP contribution in [0.25, 0.3) is 0 Å². The van der Waals surface area contributed by atoms with Crippen molar-refractivity contribution in [1.82, 2.24) is 0 Å². The molecule has 9 aliphatic rings. The van der Waals surface area contributed by atoms with Gasteiger partial charge in [-0.05, 0) is 86.5 Å². The van der Waals surface area contributed by atoms with Gasteiger partial charge in [-0.1, -0.05) is 19.9 Å². The monoisotopic (exact) mass is 1130 g/mol. The number of ether oxygens (including phenoxy) is 10. The van der Waals surface area contributed by atoms with Crippen molar-refractivity contribution in [3.8, 4) is 0 Å². The fourth-order valence-corrected chi connectivity index (χ4v) is 14.9. The first-order chi connectivity index (χ1) is 36.9. The van der Waals surface area contributed by atoms with E-state index < -0.39 is 208 Å². The Morgan fingerprint density at radius 1 is 0.538 bits per heavy atom. The summed E-state index contributed by atoms with van der Waals surface area (Å²) in [6.45, 7) is 5.06. The van der Waals surface area contributed by atoms with E-state index in [4.69, 9.17) is 47.4 Å². The second-order valence-electron chi connectivity index (χ2n) is 23.5. The van der Waals surface area contributed by atoms with Crippen LogP contribution in [0, 0.1) is 28.1 Å². The third kappa shape index (κ3) is 10.2. The number of carbonyl (C=O) groups is 2. The van der Waals surface area contributed by atoms with E-state index >= 15 is 0 Å². The topological polar surface area (TPSA) is 450 Å². The molecule has 1 spiro atoms. The van der Waals surface area contributed by atoms with Gasteiger partial charge < -0.3 is 134 Å². The summed E-state index contributed by atoms with van der Waals surface area (Å²) < 4.78 is 60.0. The molecule has 28 nitrogen and oxygen atoms in total. The Morgan fingerprint density at radius 3 is 1.53 bits per heavy atom. The van der Waals surface area contributed by atoms with E-state index in [-0.39, 0.29) is 18.1 Å². The second-order valence-corrected chi connectivity index (χ2v) is 23.5. The zero-order valence-corrected chi connectivity index (χ0v) is 43.1. The van der Waals surface area contributed by atoms with Gasteiger partial charge in [0.05, 0.1) is 37.4 Å². The van der Waals surface area contributed by atoms with Crippen molar-refractivity contribution in [3.63, 3.8) is 0 Å². The molecule has 4 saturated carbocycles. The Hall–Kier alpha value is -2.12. The van der Waals surface area contributed by atoms with E-state index in [1.165, 1.54) is 0 Å². The zero-order chi connectivity index (χ0) is 56.7. The van der Waals surface area contributed by atoms with Gasteiger partial charge in [0, 0.05) is 0 Å². The lowest BCUT2D eigenvalue weighted by Crippen LogP contribution is -2.68. The summed E-state index contributed by atoms with van der Waals surface area (Å²) in [7, 11) is 0. The van der Waals surface area contributed by atoms with Crippen LogP contribution in [-0.2, 0) is 57.0 Å². The molecule has 2 bridgehead atoms. The van der Waals surface area contributed by atoms with Crippen LogP contribution >= 0.6 is 0 Å². The van der Waals surface area contributed by atoms with E-state index in [9.17, 15) is 91.3 Å². The Kier molecular flexibility index (Phi) is 17.9. The van der Waals surface area contributed by atoms with Crippen LogP contribution in [0.1, 0.15) is 71.6 Å². The van der Waals surface area contributed by atoms with Crippen molar-refractivity contribution < 1.29 is 139 Å². The quantitative estimate of drug-likeness (QED) is 0.0314. The maximum absolute atomic E-state index is 14.9. The molecule has 0 amide bonds. The normalized spacial score (nSPS) is 54.4. The van der Waals surface area contributed by atoms with Crippen molar-refractivity contribution in [2.24, 2.45) is 28.1 Å². The second kappa shape index (κ2) is 23.1. The highest BCUT2D eigenvalue weighted by Crippen LogP contribution is 2.74. The molecule has 16 N–H and O–H groups in total. The number of aliphatic hydroxyl groups is 16. The summed E-state index contributed by atoms with van der Waals surface area (Å²) in [4.78, 5) is 27.0. The third-order valence-electron chi connectivity index (χ3n) is 19.1. The molecule has 9 rings (SSSR count). The fraction of sp³-hybridized carbons (Fsp3) is 0.920. The SMILES string of the molecule is C=C1CC23CCC4C(C)(C(=O)OC5OC(C=O)C(O)C(O)C5OC5OC(CO)C(O)C(O)C5O)CCCC4(C)C2CCC1(OC1OC(CO)C(O)C(OC2OC(CO)C(O)C(O)C2O)C1OC1OC(CO)C(O)C(O)C1O)C3. The van der Waals surface area contributed by atoms with Crippen molar-refractivity contribution >= 4 is 12.3 Å². The first kappa shape index (κ1) is 60.5. The molecule has 9 fully saturated rings. The van der Waals surface area contributed by atoms with E-state index in [1.54, 1.807) is 6.92 Å². The van der Waals surface area contributed by atoms with Gasteiger partial charge in [0.2, 0.25) is 6.29 Å². The van der Waals surface area contributed by atoms with Crippen LogP contribution < -0.4 is 0 Å². The fourth-order valence-electron chi connectivity index (χ4n) is 14.9. The minimum absolute atomic E-state index is 0.0838. The largest absolute Gasteiger partial charge is 0.432 e. The first-order valence-electron chi connectivity index (χ1n) is 26.7. The van der Waals surface area contributed by atoms with Gasteiger partial charge in [0.25, 0.3) is 0 Å². The van der Waals surface area contributed by atoms with Crippen molar-refractivity contribution in [1.29, 1.82) is 0 Å². The van der Waals surface area contributed by atoms with Crippen LogP contribution in [-0.4, -0.2) is 280 Å². The lowest BCUT2D eigenvalue weighted by Gasteiger charge is -2.64. The number of hydrogen-bond acceptors (Lipinski definition) is 28. The predicted octanol–water partition coefficient (Wildman–Crippen LogP) is -7.08. The molecule has 0 aromatic carbocycles. The van der Waals surface area contributed by atoms with Gasteiger partial charge >= 0.3 is 5.97 Å². The maximum atomic E-state index is 14.9. The average molecular weight is 1130 g/mol. The summed E-state index contributed by atoms with van der Waals surface area (Å²) >= 11 is 0. The number of hydrogen-bond donors (Lipinski definition) is 16. The molecular weight excluding hydrogens is 1050 g/mol. The smallest absolute Gasteiger partial charge is 0.314 e. The van der Waals surface area contributed by atoms with Gasteiger partial charge in [-0.25, -0.2) is 0 Å². The van der Waals surface area contributed by atoms with Gasteiger partial charge in [-0.3, -0.25) is 4.79 Å². The van der Waals surface area contributed by atoms with E-state index in [0.717, 1.165) is 0 Å². The minimum Gasteiger partial charge on any atom is -0.432 e. The molecule has 5 heterocycles. The van der Waals surface area contributed by atoms with Gasteiger partial charge in [-0.2, -0.15) is 0 Å². The minimum atomic E-state index is -1.99. The average Bonchev–Trinajstić information content (AvgIpc) is 3.61. The number of rotatable bonds is 15. The summed E-state index contributed by atoms with van der Waals surface area (Å²) in [5.74, 6) is -1.21. The number of fused-ring (bicyclic) bond motifs is 3. The molecule has 446 valence electrons. The molecule has 28 heteroatoms. The highest BCUT2D eigenvalue weighted by molar-refractivity contribution is 5.77. The Bertz CT molecular complexity index is 2110. The van der Waals surface area contributed by atoms with Crippen molar-refractivity contribution in [2.45, 2.75) is 231 Å². The van der Waals surface area contributed by atoms with Crippen molar-refractivity contribution in [3.05, 3.63) is 12.2 Å². The van der Waals surface area contributed by atoms with E-state index in [0.29, 0.717) is 63.4 Å². The number of carbonyl (C=O) groups excluding carboxylic acids is 2. The lowest BCUT2D eigenvalue weighted by atomic mass is 9.41. The number of aldehydes is 1. The molecule has 31 atom stereocenters. The van der Waals surface area contributed by atoms with Crippen LogP contribution in [0.5, 0.6) is 0 Å². The summed E-state index contributed by atoms with van der Waals surface area (Å²) in [5, 5.41) is 170. The molecule has 5 aliphatic heterocycles. The molecule has 4 aliphatic carbocycles. The summed E-state index contributed by atoms with van der Waals surface area (Å²) in [6.07, 6.45) is -40.5. The lowest BCUT2D eigenvalue weighted by molar-refractivity contribution is -0.400. The standard InChI is InChI=1S/C50H78O28/c1-18-11-49-9-5-24-47(2,7-4-8-48(24,3)46(68)77-44-39(34(64)29(59)22(15-54)72-44)75-42-36(66)32(62)27(57)20(13-52)70-42)25(49)6-10-50(18,17-49)78-45-40(76-43-37(67)33(63)28(58)21(14-53)71-43)38(30(60)23(16-55)73-45)74-41-35(65)31(61)26(56)19(12-51)69-41/h15,19-45,51-53,55-67H,1,4-14,16-17H2,2-3H3. The zero-order valence-electron chi connectivity index (χ0n) is 43.1. The molecule has 31 unspecified atom stereocenters. The number of aliphatic hydroxyl groups excluding tert-OH is 16. The molecule has 0 aromatic heterocycles. The molecule has 78 heavy (non-hydrogen) atoms. The van der Waals surface area contributed by atoms with Crippen molar-refractivity contribution in [2.75, 3.05) is 26.4 Å². The molecule has 0 aromatic rings. The maximum Gasteiger partial charge on any atom is 0.314 e. The van der Waals surface area contributed by atoms with Gasteiger partial charge in [-0.15, -0.1) is 0 Å². The Morgan fingerprint density at radius 2 is 1.01 bits per heavy atom. The molecule has 5 saturated heterocycles. The summed E-state index contributed by atoms with van der Waals surface area (Å²) in [5.41, 5.74) is -2.88. The van der Waals surface area contributed by atoms with Gasteiger partial charge in [0.1, 0.15) is 116 Å². The highest BCUT2D eigenvalue weighted by atomic mass is 16.8. The summed E-state index contributed by atoms with van der Waals surface area (Å²) in [6, 6.07) is 0. The van der Waals surface area contributed by atoms with Gasteiger partial charge in [0.15, 0.2) is 37.6 Å². The Balaban J connectivity index is 0.969. The van der Waals surface area contributed by atoms with Crippen LogP contribution in [0.15, 0.2) is 12.2 Å². The third-order valence-corrected chi connectivity index (χ3v) is 19.1. The molecule has 0 radical (unpaired) electrons. The van der Waals surface area contributed by atoms with E-state index in [1.807, 2.05) is 0 Å². The predicted molar refractivity (Wildman–Crippen MR) is 251 cm³/mol. The van der Waals surface area contributed by atoms with E-state index in [2.05, 4.69) is 13.5 Å². The molecular formula is C50H78O28. The Labute approximate surface area is 447 Å². The first-order valence-corrected chi connectivity index (χ1v) is 26.7. The highest BCUT2D eigenvalue weighted by Gasteiger charge is 2.70. The van der Waals surface area contributed by atoms with Crippen LogP contribution in [0.4, 0.5) is 0 Å². The van der Waals surface area contributed by atoms with Crippen LogP contribution in [0.3, 0.4) is 0 Å².